The SMILES string of the molecule is CCC(=O)Nc1ccc(C(=O)NNC=C(O)C(O)C(O)CO)cc1. The molecule has 1 rings (SSSR count). The molecular formula is C15H21N3O6. The quantitative estimate of drug-likeness (QED) is 0.246. The van der Waals surface area contributed by atoms with Crippen LogP contribution in [0.2, 0.25) is 0 Å². The summed E-state index contributed by atoms with van der Waals surface area (Å²) in [6.45, 7) is 0.995. The predicted molar refractivity (Wildman–Crippen MR) is 85.8 cm³/mol. The number of carbonyl (C=O) groups excluding carboxylic acids is 2. The molecule has 0 saturated heterocycles. The molecule has 7 N–H and O–H groups in total. The van der Waals surface area contributed by atoms with Gasteiger partial charge in [0.25, 0.3) is 5.91 Å². The molecule has 9 nitrogen and oxygen atoms in total. The molecule has 2 atom stereocenters. The number of nitrogens with one attached hydrogen (secondary N) is 3. The third kappa shape index (κ3) is 5.88. The fraction of sp³-hybridized carbons (Fsp3) is 0.333. The Morgan fingerprint density at radius 1 is 1.21 bits per heavy atom. The van der Waals surface area contributed by atoms with Crippen LogP contribution >= 0.6 is 0 Å². The van der Waals surface area contributed by atoms with Gasteiger partial charge in [-0.25, -0.2) is 0 Å². The van der Waals surface area contributed by atoms with Gasteiger partial charge in [0.2, 0.25) is 5.91 Å². The average molecular weight is 339 g/mol. The first-order valence-corrected chi connectivity index (χ1v) is 7.20. The van der Waals surface area contributed by atoms with Gasteiger partial charge in [-0.2, -0.15) is 0 Å². The van der Waals surface area contributed by atoms with Gasteiger partial charge in [0, 0.05) is 17.7 Å². The van der Waals surface area contributed by atoms with E-state index in [1.165, 1.54) is 12.1 Å². The summed E-state index contributed by atoms with van der Waals surface area (Å²) < 4.78 is 0. The summed E-state index contributed by atoms with van der Waals surface area (Å²) in [6.07, 6.45) is -2.00. The lowest BCUT2D eigenvalue weighted by Gasteiger charge is -2.15. The number of amides is 2. The molecular weight excluding hydrogens is 318 g/mol. The van der Waals surface area contributed by atoms with Gasteiger partial charge < -0.3 is 31.2 Å². The minimum atomic E-state index is -1.68. The Kier molecular flexibility index (Phi) is 7.69. The standard InChI is InChI=1S/C15H21N3O6/c1-2-13(22)17-10-5-3-9(4-6-10)15(24)18-16-7-11(20)14(23)12(21)8-19/h3-7,12,14,16,19-21,23H,2,8H2,1H3,(H,17,22)(H,18,24). The first-order chi connectivity index (χ1) is 11.4. The monoisotopic (exact) mass is 339 g/mol. The molecule has 0 spiro atoms. The Balaban J connectivity index is 2.55. The van der Waals surface area contributed by atoms with Gasteiger partial charge in [-0.3, -0.25) is 15.0 Å². The number of carbonyl (C=O) groups is 2. The maximum absolute atomic E-state index is 11.9. The summed E-state index contributed by atoms with van der Waals surface area (Å²) >= 11 is 0. The Bertz CT molecular complexity index is 587. The summed E-state index contributed by atoms with van der Waals surface area (Å²) in [5.41, 5.74) is 5.36. The van der Waals surface area contributed by atoms with Gasteiger partial charge in [0.05, 0.1) is 12.8 Å². The molecule has 0 aliphatic heterocycles. The number of aliphatic hydroxyl groups is 4. The lowest BCUT2D eigenvalue weighted by molar-refractivity contribution is -0.115. The summed E-state index contributed by atoms with van der Waals surface area (Å²) in [4.78, 5) is 23.1. The smallest absolute Gasteiger partial charge is 0.269 e. The molecule has 0 saturated carbocycles. The second-order valence-corrected chi connectivity index (χ2v) is 4.84. The van der Waals surface area contributed by atoms with E-state index in [0.29, 0.717) is 17.7 Å². The first-order valence-electron chi connectivity index (χ1n) is 7.20. The Labute approximate surface area is 138 Å². The van der Waals surface area contributed by atoms with Crippen LogP contribution in [0, 0.1) is 0 Å². The zero-order valence-corrected chi connectivity index (χ0v) is 13.1. The normalized spacial score (nSPS) is 13.8. The van der Waals surface area contributed by atoms with Gasteiger partial charge >= 0.3 is 0 Å². The third-order valence-corrected chi connectivity index (χ3v) is 3.01. The number of rotatable bonds is 8. The van der Waals surface area contributed by atoms with Gasteiger partial charge in [-0.15, -0.1) is 0 Å². The second-order valence-electron chi connectivity index (χ2n) is 4.84. The molecule has 0 aliphatic carbocycles. The highest BCUT2D eigenvalue weighted by Crippen LogP contribution is 2.09. The van der Waals surface area contributed by atoms with E-state index < -0.39 is 30.5 Å². The lowest BCUT2D eigenvalue weighted by Crippen LogP contribution is -2.36. The fourth-order valence-corrected chi connectivity index (χ4v) is 1.58. The molecule has 0 bridgehead atoms. The maximum Gasteiger partial charge on any atom is 0.269 e. The van der Waals surface area contributed by atoms with Crippen LogP contribution in [-0.4, -0.2) is 51.1 Å². The minimum Gasteiger partial charge on any atom is -0.508 e. The summed E-state index contributed by atoms with van der Waals surface area (Å²) in [6, 6.07) is 6.13. The topological polar surface area (TPSA) is 151 Å². The minimum absolute atomic E-state index is 0.141. The van der Waals surface area contributed by atoms with Crippen LogP contribution < -0.4 is 16.2 Å². The number of anilines is 1. The number of hydrogen-bond acceptors (Lipinski definition) is 7. The van der Waals surface area contributed by atoms with Crippen molar-refractivity contribution >= 4 is 17.5 Å². The molecule has 0 fully saturated rings. The van der Waals surface area contributed by atoms with Gasteiger partial charge in [0.1, 0.15) is 18.0 Å². The van der Waals surface area contributed by atoms with Crippen molar-refractivity contribution in [3.8, 4) is 0 Å². The molecule has 1 aromatic carbocycles. The van der Waals surface area contributed by atoms with Gasteiger partial charge in [-0.1, -0.05) is 6.92 Å². The Morgan fingerprint density at radius 3 is 2.38 bits per heavy atom. The van der Waals surface area contributed by atoms with Crippen LogP contribution in [-0.2, 0) is 4.79 Å². The molecule has 24 heavy (non-hydrogen) atoms. The van der Waals surface area contributed by atoms with E-state index in [4.69, 9.17) is 10.2 Å². The molecule has 0 aliphatic rings. The van der Waals surface area contributed by atoms with Crippen molar-refractivity contribution in [2.45, 2.75) is 25.6 Å². The number of hydrazine groups is 1. The molecule has 2 unspecified atom stereocenters. The summed E-state index contributed by atoms with van der Waals surface area (Å²) in [5, 5.41) is 39.2. The molecule has 2 amide bonds. The van der Waals surface area contributed by atoms with Crippen LogP contribution in [0.25, 0.3) is 0 Å². The van der Waals surface area contributed by atoms with Crippen molar-refractivity contribution in [2.24, 2.45) is 0 Å². The van der Waals surface area contributed by atoms with Crippen LogP contribution in [0.1, 0.15) is 23.7 Å². The van der Waals surface area contributed by atoms with Gasteiger partial charge in [-0.05, 0) is 24.3 Å². The van der Waals surface area contributed by atoms with Crippen LogP contribution in [0.5, 0.6) is 0 Å². The van der Waals surface area contributed by atoms with E-state index in [0.717, 1.165) is 6.20 Å². The van der Waals surface area contributed by atoms with Crippen molar-refractivity contribution in [3.63, 3.8) is 0 Å². The summed E-state index contributed by atoms with van der Waals surface area (Å²) in [7, 11) is 0. The van der Waals surface area contributed by atoms with E-state index in [1.807, 2.05) is 0 Å². The first kappa shape index (κ1) is 19.4. The van der Waals surface area contributed by atoms with E-state index >= 15 is 0 Å². The molecule has 1 aromatic rings. The highest BCUT2D eigenvalue weighted by Gasteiger charge is 2.19. The van der Waals surface area contributed by atoms with Crippen molar-refractivity contribution in [2.75, 3.05) is 11.9 Å². The molecule has 9 heteroatoms. The average Bonchev–Trinajstić information content (AvgIpc) is 2.60. The lowest BCUT2D eigenvalue weighted by atomic mass is 10.2. The van der Waals surface area contributed by atoms with Crippen molar-refractivity contribution in [1.29, 1.82) is 0 Å². The highest BCUT2D eigenvalue weighted by atomic mass is 16.4. The zero-order chi connectivity index (χ0) is 18.1. The van der Waals surface area contributed by atoms with Gasteiger partial charge in [0.15, 0.2) is 0 Å². The second kappa shape index (κ2) is 9.50. The van der Waals surface area contributed by atoms with E-state index in [9.17, 15) is 19.8 Å². The molecule has 0 aromatic heterocycles. The van der Waals surface area contributed by atoms with E-state index in [1.54, 1.807) is 19.1 Å². The van der Waals surface area contributed by atoms with E-state index in [2.05, 4.69) is 16.2 Å². The Hall–Kier alpha value is -2.62. The highest BCUT2D eigenvalue weighted by molar-refractivity contribution is 5.95. The molecule has 0 heterocycles. The number of hydrogen-bond donors (Lipinski definition) is 7. The zero-order valence-electron chi connectivity index (χ0n) is 13.1. The van der Waals surface area contributed by atoms with Crippen LogP contribution in [0.3, 0.4) is 0 Å². The third-order valence-electron chi connectivity index (χ3n) is 3.01. The molecule has 132 valence electrons. The number of aliphatic hydroxyl groups excluding tert-OH is 4. The predicted octanol–water partition coefficient (Wildman–Crippen LogP) is -0.617. The van der Waals surface area contributed by atoms with E-state index in [-0.39, 0.29) is 5.91 Å². The number of benzene rings is 1. The Morgan fingerprint density at radius 2 is 1.83 bits per heavy atom. The van der Waals surface area contributed by atoms with Crippen molar-refractivity contribution in [3.05, 3.63) is 41.8 Å². The van der Waals surface area contributed by atoms with Crippen LogP contribution in [0.15, 0.2) is 36.2 Å². The van der Waals surface area contributed by atoms with Crippen molar-refractivity contribution in [1.82, 2.24) is 10.9 Å². The van der Waals surface area contributed by atoms with Crippen LogP contribution in [0.4, 0.5) is 5.69 Å². The summed E-state index contributed by atoms with van der Waals surface area (Å²) in [5.74, 6) is -1.32. The molecule has 0 radical (unpaired) electrons. The maximum atomic E-state index is 11.9. The van der Waals surface area contributed by atoms with Crippen molar-refractivity contribution < 1.29 is 30.0 Å². The largest absolute Gasteiger partial charge is 0.508 e. The fourth-order valence-electron chi connectivity index (χ4n) is 1.58.